The zero-order valence-electron chi connectivity index (χ0n) is 19.1. The molecular formula is C26H36N2O3. The molecule has 2 aromatic carbocycles. The van der Waals surface area contributed by atoms with Gasteiger partial charge < -0.3 is 14.4 Å². The van der Waals surface area contributed by atoms with Crippen molar-refractivity contribution in [3.05, 3.63) is 66.2 Å². The molecule has 0 N–H and O–H groups in total. The summed E-state index contributed by atoms with van der Waals surface area (Å²) in [5, 5.41) is 0. The molecule has 2 aromatic rings. The van der Waals surface area contributed by atoms with Crippen LogP contribution < -0.4 is 4.90 Å². The van der Waals surface area contributed by atoms with E-state index >= 15 is 0 Å². The van der Waals surface area contributed by atoms with Crippen molar-refractivity contribution < 1.29 is 14.3 Å². The number of carbonyl (C=O) groups excluding carboxylic acids is 1. The zero-order chi connectivity index (χ0) is 22.1. The molecular weight excluding hydrogens is 388 g/mol. The lowest BCUT2D eigenvalue weighted by molar-refractivity contribution is -0.120. The molecule has 31 heavy (non-hydrogen) atoms. The minimum absolute atomic E-state index is 0.0839. The number of methoxy groups -OCH3 is 2. The fourth-order valence-electron chi connectivity index (χ4n) is 4.69. The van der Waals surface area contributed by atoms with Gasteiger partial charge in [-0.15, -0.1) is 0 Å². The van der Waals surface area contributed by atoms with Crippen LogP contribution in [0, 0.1) is 0 Å². The average Bonchev–Trinajstić information content (AvgIpc) is 3.02. The first-order valence-electron chi connectivity index (χ1n) is 11.3. The number of hydrogen-bond donors (Lipinski definition) is 0. The molecule has 3 rings (SSSR count). The summed E-state index contributed by atoms with van der Waals surface area (Å²) in [6, 6.07) is 20.9. The molecule has 0 heterocycles. The van der Waals surface area contributed by atoms with Gasteiger partial charge in [-0.2, -0.15) is 0 Å². The number of anilines is 1. The molecule has 0 spiro atoms. The number of nitrogens with zero attached hydrogens (tertiary/aromatic N) is 2. The van der Waals surface area contributed by atoms with Crippen LogP contribution in [0.2, 0.25) is 0 Å². The quantitative estimate of drug-likeness (QED) is 0.555. The summed E-state index contributed by atoms with van der Waals surface area (Å²) < 4.78 is 11.0. The predicted molar refractivity (Wildman–Crippen MR) is 125 cm³/mol. The molecule has 0 bridgehead atoms. The van der Waals surface area contributed by atoms with Crippen molar-refractivity contribution in [1.29, 1.82) is 0 Å². The van der Waals surface area contributed by atoms with Crippen LogP contribution in [0.1, 0.15) is 37.7 Å². The minimum Gasteiger partial charge on any atom is -0.384 e. The van der Waals surface area contributed by atoms with Gasteiger partial charge in [0.05, 0.1) is 25.2 Å². The number of carbonyl (C=O) groups is 1. The standard InChI is InChI=1S/C26H36N2O3/c1-27(20-21-11-6-4-7-12-21)25-19-23(31-3)15-10-16-24(25)28(26(29)17-18-30-2)22-13-8-5-9-14-22/h4-9,11-14,23-25H,10,15-20H2,1-3H3. The maximum atomic E-state index is 13.4. The predicted octanol–water partition coefficient (Wildman–Crippen LogP) is 4.51. The Morgan fingerprint density at radius 1 is 0.968 bits per heavy atom. The third-order valence-electron chi connectivity index (χ3n) is 6.30. The molecule has 0 aromatic heterocycles. The van der Waals surface area contributed by atoms with E-state index in [9.17, 15) is 4.79 Å². The fraction of sp³-hybridized carbons (Fsp3) is 0.500. The molecule has 1 amide bonds. The third kappa shape index (κ3) is 6.39. The smallest absolute Gasteiger partial charge is 0.229 e. The number of likely N-dealkylation sites (N-methyl/N-ethyl adjacent to an activating group) is 1. The van der Waals surface area contributed by atoms with Crippen molar-refractivity contribution in [3.63, 3.8) is 0 Å². The molecule has 5 nitrogen and oxygen atoms in total. The Hall–Kier alpha value is -2.21. The van der Waals surface area contributed by atoms with Gasteiger partial charge >= 0.3 is 0 Å². The second-order valence-corrected chi connectivity index (χ2v) is 8.40. The number of ether oxygens (including phenoxy) is 2. The van der Waals surface area contributed by atoms with Gasteiger partial charge in [-0.1, -0.05) is 48.5 Å². The lowest BCUT2D eigenvalue weighted by Gasteiger charge is -2.41. The van der Waals surface area contributed by atoms with E-state index in [2.05, 4.69) is 36.2 Å². The van der Waals surface area contributed by atoms with Gasteiger partial charge in [0, 0.05) is 32.5 Å². The number of rotatable bonds is 9. The summed E-state index contributed by atoms with van der Waals surface area (Å²) in [6.45, 7) is 1.27. The van der Waals surface area contributed by atoms with Crippen molar-refractivity contribution in [1.82, 2.24) is 4.90 Å². The maximum absolute atomic E-state index is 13.4. The summed E-state index contributed by atoms with van der Waals surface area (Å²) in [5.74, 6) is 0.118. The van der Waals surface area contributed by atoms with Crippen molar-refractivity contribution >= 4 is 11.6 Å². The Kier molecular flexibility index (Phi) is 9.07. The molecule has 1 aliphatic carbocycles. The highest BCUT2D eigenvalue weighted by atomic mass is 16.5. The summed E-state index contributed by atoms with van der Waals surface area (Å²) in [7, 11) is 5.62. The summed E-state index contributed by atoms with van der Waals surface area (Å²) in [4.78, 5) is 17.8. The first kappa shape index (κ1) is 23.5. The molecule has 3 atom stereocenters. The van der Waals surface area contributed by atoms with Crippen molar-refractivity contribution in [2.75, 3.05) is 32.8 Å². The molecule has 0 radical (unpaired) electrons. The van der Waals surface area contributed by atoms with E-state index in [-0.39, 0.29) is 24.1 Å². The van der Waals surface area contributed by atoms with E-state index < -0.39 is 0 Å². The van der Waals surface area contributed by atoms with Gasteiger partial charge in [0.1, 0.15) is 0 Å². The van der Waals surface area contributed by atoms with Crippen molar-refractivity contribution in [2.45, 2.75) is 56.8 Å². The zero-order valence-corrected chi connectivity index (χ0v) is 19.1. The van der Waals surface area contributed by atoms with Gasteiger partial charge in [-0.3, -0.25) is 9.69 Å². The maximum Gasteiger partial charge on any atom is 0.229 e. The number of amides is 1. The van der Waals surface area contributed by atoms with Gasteiger partial charge in [0.15, 0.2) is 0 Å². The average molecular weight is 425 g/mol. The van der Waals surface area contributed by atoms with Crippen molar-refractivity contribution in [2.24, 2.45) is 0 Å². The molecule has 1 saturated carbocycles. The molecule has 0 saturated heterocycles. The Balaban J connectivity index is 1.93. The van der Waals surface area contributed by atoms with E-state index in [4.69, 9.17) is 9.47 Å². The first-order valence-corrected chi connectivity index (χ1v) is 11.3. The van der Waals surface area contributed by atoms with Gasteiger partial charge in [-0.25, -0.2) is 0 Å². The molecule has 1 fully saturated rings. The van der Waals surface area contributed by atoms with Crippen LogP contribution in [0.5, 0.6) is 0 Å². The highest BCUT2D eigenvalue weighted by Gasteiger charge is 2.37. The van der Waals surface area contributed by atoms with E-state index in [0.717, 1.165) is 37.9 Å². The monoisotopic (exact) mass is 424 g/mol. The molecule has 1 aliphatic rings. The Morgan fingerprint density at radius 2 is 1.65 bits per heavy atom. The van der Waals surface area contributed by atoms with E-state index in [1.165, 1.54) is 5.56 Å². The third-order valence-corrected chi connectivity index (χ3v) is 6.30. The normalized spacial score (nSPS) is 21.6. The van der Waals surface area contributed by atoms with E-state index in [0.29, 0.717) is 13.0 Å². The van der Waals surface area contributed by atoms with Crippen LogP contribution in [0.15, 0.2) is 60.7 Å². The van der Waals surface area contributed by atoms with Crippen LogP contribution in [0.3, 0.4) is 0 Å². The largest absolute Gasteiger partial charge is 0.384 e. The number of hydrogen-bond acceptors (Lipinski definition) is 4. The Labute approximate surface area is 187 Å². The highest BCUT2D eigenvalue weighted by molar-refractivity contribution is 5.94. The van der Waals surface area contributed by atoms with Gasteiger partial charge in [-0.05, 0) is 50.4 Å². The van der Waals surface area contributed by atoms with Crippen LogP contribution in [0.4, 0.5) is 5.69 Å². The summed E-state index contributed by atoms with van der Waals surface area (Å²) in [5.41, 5.74) is 2.24. The van der Waals surface area contributed by atoms with Crippen LogP contribution in [-0.2, 0) is 20.8 Å². The van der Waals surface area contributed by atoms with Gasteiger partial charge in [0.25, 0.3) is 0 Å². The summed E-state index contributed by atoms with van der Waals surface area (Å²) >= 11 is 0. The topological polar surface area (TPSA) is 42.0 Å². The number of para-hydroxylation sites is 1. The van der Waals surface area contributed by atoms with Crippen LogP contribution >= 0.6 is 0 Å². The minimum atomic E-state index is 0.0839. The first-order chi connectivity index (χ1) is 15.1. The Morgan fingerprint density at radius 3 is 2.29 bits per heavy atom. The van der Waals surface area contributed by atoms with Crippen LogP contribution in [-0.4, -0.2) is 56.9 Å². The highest BCUT2D eigenvalue weighted by Crippen LogP contribution is 2.32. The molecule has 3 unspecified atom stereocenters. The second kappa shape index (κ2) is 12.0. The molecule has 0 aliphatic heterocycles. The van der Waals surface area contributed by atoms with Crippen molar-refractivity contribution in [3.8, 4) is 0 Å². The lowest BCUT2D eigenvalue weighted by Crippen LogP contribution is -2.53. The van der Waals surface area contributed by atoms with Gasteiger partial charge in [0.2, 0.25) is 5.91 Å². The summed E-state index contributed by atoms with van der Waals surface area (Å²) in [6.07, 6.45) is 4.52. The molecule has 168 valence electrons. The number of benzene rings is 2. The SMILES string of the molecule is COCCC(=O)N(c1ccccc1)C1CCCC(OC)CC1N(C)Cc1ccccc1. The Bertz CT molecular complexity index is 784. The van der Waals surface area contributed by atoms with E-state index in [1.807, 2.05) is 41.3 Å². The van der Waals surface area contributed by atoms with E-state index in [1.54, 1.807) is 14.2 Å². The lowest BCUT2D eigenvalue weighted by atomic mass is 9.97. The van der Waals surface area contributed by atoms with Crippen LogP contribution in [0.25, 0.3) is 0 Å². The molecule has 5 heteroatoms. The second-order valence-electron chi connectivity index (χ2n) is 8.40. The fourth-order valence-corrected chi connectivity index (χ4v) is 4.69.